The van der Waals surface area contributed by atoms with Gasteiger partial charge in [-0.2, -0.15) is 5.10 Å². The molecule has 0 aliphatic carbocycles. The monoisotopic (exact) mass is 292 g/mol. The van der Waals surface area contributed by atoms with Gasteiger partial charge < -0.3 is 14.6 Å². The van der Waals surface area contributed by atoms with Crippen molar-refractivity contribution >= 4 is 17.6 Å². The first-order chi connectivity index (χ1) is 9.93. The number of rotatable bonds is 4. The lowest BCUT2D eigenvalue weighted by Gasteiger charge is -2.00. The van der Waals surface area contributed by atoms with Crippen LogP contribution in [0.2, 0.25) is 0 Å². The van der Waals surface area contributed by atoms with Crippen molar-refractivity contribution in [2.24, 2.45) is 7.05 Å². The maximum atomic E-state index is 12.2. The first-order valence-corrected chi connectivity index (χ1v) is 6.39. The number of carbonyl (C=O) groups is 2. The number of aryl methyl sites for hydroxylation is 3. The van der Waals surface area contributed by atoms with Gasteiger partial charge in [0.05, 0.1) is 6.61 Å². The van der Waals surface area contributed by atoms with Gasteiger partial charge >= 0.3 is 5.97 Å². The SMILES string of the molecule is CCOC(=O)c1cc(C(=O)Nc2c(C)noc2C)nn1C. The van der Waals surface area contributed by atoms with Crippen molar-refractivity contribution in [2.45, 2.75) is 20.8 Å². The molecule has 21 heavy (non-hydrogen) atoms. The van der Waals surface area contributed by atoms with E-state index in [9.17, 15) is 9.59 Å². The first-order valence-electron chi connectivity index (χ1n) is 6.39. The Morgan fingerprint density at radius 2 is 2.14 bits per heavy atom. The van der Waals surface area contributed by atoms with Crippen molar-refractivity contribution in [2.75, 3.05) is 11.9 Å². The molecule has 0 saturated heterocycles. The highest BCUT2D eigenvalue weighted by molar-refractivity contribution is 6.04. The number of esters is 1. The van der Waals surface area contributed by atoms with Crippen molar-refractivity contribution in [3.63, 3.8) is 0 Å². The molecule has 0 aliphatic rings. The highest BCUT2D eigenvalue weighted by Crippen LogP contribution is 2.19. The standard InChI is InChI=1S/C13H16N4O4/c1-5-20-13(19)10-6-9(15-17(10)4)12(18)14-11-7(2)16-21-8(11)3/h6H,5H2,1-4H3,(H,14,18). The van der Waals surface area contributed by atoms with Crippen LogP contribution in [-0.2, 0) is 11.8 Å². The van der Waals surface area contributed by atoms with Crippen LogP contribution in [0.15, 0.2) is 10.6 Å². The highest BCUT2D eigenvalue weighted by Gasteiger charge is 2.20. The Kier molecular flexibility index (Phi) is 4.06. The first kappa shape index (κ1) is 14.8. The van der Waals surface area contributed by atoms with Crippen LogP contribution in [0.4, 0.5) is 5.69 Å². The maximum Gasteiger partial charge on any atom is 0.356 e. The van der Waals surface area contributed by atoms with E-state index in [1.807, 2.05) is 0 Å². The van der Waals surface area contributed by atoms with Crippen LogP contribution in [0.1, 0.15) is 39.4 Å². The molecule has 2 aromatic heterocycles. The van der Waals surface area contributed by atoms with Gasteiger partial charge in [0.2, 0.25) is 0 Å². The summed E-state index contributed by atoms with van der Waals surface area (Å²) in [6.45, 7) is 5.37. The molecule has 0 radical (unpaired) electrons. The Labute approximate surface area is 121 Å². The summed E-state index contributed by atoms with van der Waals surface area (Å²) in [5.41, 5.74) is 1.40. The molecule has 8 nitrogen and oxygen atoms in total. The predicted molar refractivity (Wildman–Crippen MR) is 73.1 cm³/mol. The smallest absolute Gasteiger partial charge is 0.356 e. The Morgan fingerprint density at radius 1 is 1.43 bits per heavy atom. The summed E-state index contributed by atoms with van der Waals surface area (Å²) in [6, 6.07) is 1.38. The van der Waals surface area contributed by atoms with Crippen molar-refractivity contribution in [3.8, 4) is 0 Å². The highest BCUT2D eigenvalue weighted by atomic mass is 16.5. The third-order valence-corrected chi connectivity index (χ3v) is 2.87. The molecule has 112 valence electrons. The minimum atomic E-state index is -0.524. The largest absolute Gasteiger partial charge is 0.461 e. The number of amides is 1. The average molecular weight is 292 g/mol. The number of ether oxygens (including phenoxy) is 1. The molecule has 0 saturated carbocycles. The molecule has 0 atom stereocenters. The quantitative estimate of drug-likeness (QED) is 0.856. The second-order valence-electron chi connectivity index (χ2n) is 4.41. The van der Waals surface area contributed by atoms with Crippen LogP contribution >= 0.6 is 0 Å². The van der Waals surface area contributed by atoms with Gasteiger partial charge in [0.1, 0.15) is 17.1 Å². The molecular formula is C13H16N4O4. The lowest BCUT2D eigenvalue weighted by atomic mass is 10.3. The van der Waals surface area contributed by atoms with Gasteiger partial charge in [-0.05, 0) is 20.8 Å². The third kappa shape index (κ3) is 2.93. The summed E-state index contributed by atoms with van der Waals surface area (Å²) < 4.78 is 11.2. The maximum absolute atomic E-state index is 12.2. The van der Waals surface area contributed by atoms with E-state index in [1.54, 1.807) is 27.8 Å². The molecule has 0 aromatic carbocycles. The lowest BCUT2D eigenvalue weighted by Crippen LogP contribution is -2.14. The molecule has 0 bridgehead atoms. The number of aromatic nitrogens is 3. The second kappa shape index (κ2) is 5.78. The second-order valence-corrected chi connectivity index (χ2v) is 4.41. The fourth-order valence-corrected chi connectivity index (χ4v) is 1.81. The Balaban J connectivity index is 2.21. The van der Waals surface area contributed by atoms with Gasteiger partial charge in [-0.15, -0.1) is 0 Å². The number of hydrogen-bond donors (Lipinski definition) is 1. The van der Waals surface area contributed by atoms with E-state index in [0.29, 0.717) is 17.1 Å². The minimum absolute atomic E-state index is 0.112. The van der Waals surface area contributed by atoms with E-state index < -0.39 is 11.9 Å². The molecule has 2 heterocycles. The van der Waals surface area contributed by atoms with E-state index in [2.05, 4.69) is 15.6 Å². The predicted octanol–water partition coefficient (Wildman–Crippen LogP) is 1.45. The van der Waals surface area contributed by atoms with Gasteiger partial charge in [-0.3, -0.25) is 9.48 Å². The summed E-state index contributed by atoms with van der Waals surface area (Å²) in [6.07, 6.45) is 0. The fourth-order valence-electron chi connectivity index (χ4n) is 1.81. The normalized spacial score (nSPS) is 10.5. The molecule has 0 fully saturated rings. The molecule has 0 aliphatic heterocycles. The van der Waals surface area contributed by atoms with Gasteiger partial charge in [0.15, 0.2) is 11.5 Å². The van der Waals surface area contributed by atoms with Crippen molar-refractivity contribution in [1.29, 1.82) is 0 Å². The zero-order chi connectivity index (χ0) is 15.6. The summed E-state index contributed by atoms with van der Waals surface area (Å²) in [4.78, 5) is 23.8. The molecule has 1 N–H and O–H groups in total. The van der Waals surface area contributed by atoms with Gasteiger partial charge in [0.25, 0.3) is 5.91 Å². The molecule has 0 spiro atoms. The van der Waals surface area contributed by atoms with Crippen molar-refractivity contribution in [3.05, 3.63) is 28.9 Å². The van der Waals surface area contributed by atoms with Crippen LogP contribution in [0, 0.1) is 13.8 Å². The zero-order valence-corrected chi connectivity index (χ0v) is 12.3. The van der Waals surface area contributed by atoms with Gasteiger partial charge in [0, 0.05) is 13.1 Å². The van der Waals surface area contributed by atoms with E-state index in [0.717, 1.165) is 0 Å². The van der Waals surface area contributed by atoms with Crippen LogP contribution in [0.5, 0.6) is 0 Å². The van der Waals surface area contributed by atoms with Crippen LogP contribution in [0.25, 0.3) is 0 Å². The molecule has 8 heteroatoms. The summed E-state index contributed by atoms with van der Waals surface area (Å²) in [5.74, 6) is -0.471. The summed E-state index contributed by atoms with van der Waals surface area (Å²) >= 11 is 0. The number of nitrogens with one attached hydrogen (secondary N) is 1. The molecule has 2 aromatic rings. The van der Waals surface area contributed by atoms with Crippen LogP contribution in [-0.4, -0.2) is 33.4 Å². The molecule has 0 unspecified atom stereocenters. The Morgan fingerprint density at radius 3 is 2.71 bits per heavy atom. The van der Waals surface area contributed by atoms with E-state index in [-0.39, 0.29) is 18.0 Å². The number of nitrogens with zero attached hydrogens (tertiary/aromatic N) is 3. The summed E-state index contributed by atoms with van der Waals surface area (Å²) in [7, 11) is 1.57. The Hall–Kier alpha value is -2.64. The molecule has 1 amide bonds. The minimum Gasteiger partial charge on any atom is -0.461 e. The zero-order valence-electron chi connectivity index (χ0n) is 12.3. The van der Waals surface area contributed by atoms with E-state index in [1.165, 1.54) is 10.7 Å². The van der Waals surface area contributed by atoms with Crippen molar-refractivity contribution < 1.29 is 18.8 Å². The molecule has 2 rings (SSSR count). The molecular weight excluding hydrogens is 276 g/mol. The van der Waals surface area contributed by atoms with Gasteiger partial charge in [-0.25, -0.2) is 4.79 Å². The number of carbonyl (C=O) groups excluding carboxylic acids is 2. The fraction of sp³-hybridized carbons (Fsp3) is 0.385. The van der Waals surface area contributed by atoms with Gasteiger partial charge in [-0.1, -0.05) is 5.16 Å². The average Bonchev–Trinajstić information content (AvgIpc) is 2.96. The lowest BCUT2D eigenvalue weighted by molar-refractivity contribution is 0.0513. The third-order valence-electron chi connectivity index (χ3n) is 2.87. The van der Waals surface area contributed by atoms with E-state index in [4.69, 9.17) is 9.26 Å². The van der Waals surface area contributed by atoms with E-state index >= 15 is 0 Å². The van der Waals surface area contributed by atoms with Crippen molar-refractivity contribution in [1.82, 2.24) is 14.9 Å². The van der Waals surface area contributed by atoms with Crippen LogP contribution < -0.4 is 5.32 Å². The number of anilines is 1. The number of hydrogen-bond acceptors (Lipinski definition) is 6. The Bertz CT molecular complexity index is 667. The summed E-state index contributed by atoms with van der Waals surface area (Å²) in [5, 5.41) is 10.4. The topological polar surface area (TPSA) is 99.2 Å². The van der Waals surface area contributed by atoms with Crippen LogP contribution in [0.3, 0.4) is 0 Å².